The first-order chi connectivity index (χ1) is 16.4. The van der Waals surface area contributed by atoms with Crippen LogP contribution in [0.5, 0.6) is 0 Å². The molecule has 196 valence electrons. The molecule has 0 saturated carbocycles. The Morgan fingerprint density at radius 2 is 1.56 bits per heavy atom. The fraction of sp³-hybridized carbons (Fsp3) is 0.360. The first-order valence-electron chi connectivity index (χ1n) is 11.4. The molecular formula is C25H30Cl5N5O. The Kier molecular flexibility index (Phi) is 11.7. The largest absolute Gasteiger partial charge is 0.368 e. The number of anilines is 1. The number of carbonyl (C=O) groups is 1. The maximum atomic E-state index is 12.8. The first-order valence-corrected chi connectivity index (χ1v) is 12.5. The molecule has 3 aromatic rings. The van der Waals surface area contributed by atoms with Crippen molar-refractivity contribution in [2.45, 2.75) is 20.3 Å². The Morgan fingerprint density at radius 1 is 0.917 bits per heavy atom. The number of nitrogens with one attached hydrogen (secondary N) is 1. The van der Waals surface area contributed by atoms with Crippen molar-refractivity contribution in [2.24, 2.45) is 0 Å². The van der Waals surface area contributed by atoms with Gasteiger partial charge in [-0.2, -0.15) is 0 Å². The van der Waals surface area contributed by atoms with Gasteiger partial charge in [0.05, 0.1) is 32.1 Å². The van der Waals surface area contributed by atoms with E-state index in [-0.39, 0.29) is 30.7 Å². The fourth-order valence-electron chi connectivity index (χ4n) is 4.38. The summed E-state index contributed by atoms with van der Waals surface area (Å²) in [4.78, 5) is 22.0. The molecule has 0 aliphatic carbocycles. The molecule has 6 nitrogen and oxygen atoms in total. The summed E-state index contributed by atoms with van der Waals surface area (Å²) in [6, 6.07) is 13.3. The molecule has 2 aromatic carbocycles. The van der Waals surface area contributed by atoms with Crippen LogP contribution in [-0.4, -0.2) is 59.6 Å². The van der Waals surface area contributed by atoms with Crippen molar-refractivity contribution < 1.29 is 4.79 Å². The number of carbonyl (C=O) groups excluding carboxylic acids is 1. The molecule has 1 N–H and O–H groups in total. The van der Waals surface area contributed by atoms with Gasteiger partial charge in [0.25, 0.3) is 5.91 Å². The van der Waals surface area contributed by atoms with E-state index in [0.717, 1.165) is 62.0 Å². The lowest BCUT2D eigenvalue weighted by molar-refractivity contribution is 0.0946. The van der Waals surface area contributed by atoms with Crippen LogP contribution >= 0.6 is 59.6 Å². The number of amides is 1. The van der Waals surface area contributed by atoms with E-state index in [1.165, 1.54) is 0 Å². The highest BCUT2D eigenvalue weighted by Gasteiger charge is 2.21. The third-order valence-electron chi connectivity index (χ3n) is 6.16. The normalized spacial score (nSPS) is 13.6. The van der Waals surface area contributed by atoms with Crippen molar-refractivity contribution in [3.63, 3.8) is 0 Å². The van der Waals surface area contributed by atoms with Gasteiger partial charge < -0.3 is 10.2 Å². The smallest absolute Gasteiger partial charge is 0.271 e. The Bertz CT molecular complexity index is 1180. The Hall–Kier alpha value is -1.67. The monoisotopic (exact) mass is 591 g/mol. The SMILES string of the molecule is Cc1nc(C(=O)NCCCN2CCN(c3cccc(Cl)c3Cl)CC2)c(C)n1-c1ccccc1Cl.Cl.Cl. The highest BCUT2D eigenvalue weighted by Crippen LogP contribution is 2.33. The first kappa shape index (κ1) is 30.6. The van der Waals surface area contributed by atoms with Crippen LogP contribution in [-0.2, 0) is 0 Å². The topological polar surface area (TPSA) is 53.4 Å². The van der Waals surface area contributed by atoms with Crippen LogP contribution in [0.3, 0.4) is 0 Å². The molecule has 1 aliphatic heterocycles. The zero-order valence-corrected chi connectivity index (χ0v) is 24.0. The van der Waals surface area contributed by atoms with Crippen LogP contribution in [0.15, 0.2) is 42.5 Å². The van der Waals surface area contributed by atoms with Gasteiger partial charge in [0.2, 0.25) is 0 Å². The lowest BCUT2D eigenvalue weighted by Gasteiger charge is -2.36. The van der Waals surface area contributed by atoms with E-state index < -0.39 is 0 Å². The van der Waals surface area contributed by atoms with Gasteiger partial charge in [-0.25, -0.2) is 4.98 Å². The van der Waals surface area contributed by atoms with Gasteiger partial charge in [-0.1, -0.05) is 53.0 Å². The second-order valence-corrected chi connectivity index (χ2v) is 9.58. The summed E-state index contributed by atoms with van der Waals surface area (Å²) < 4.78 is 1.92. The number of halogens is 5. The van der Waals surface area contributed by atoms with Crippen molar-refractivity contribution in [2.75, 3.05) is 44.2 Å². The quantitative estimate of drug-likeness (QED) is 0.330. The Morgan fingerprint density at radius 3 is 2.25 bits per heavy atom. The molecule has 0 radical (unpaired) electrons. The number of nitrogens with zero attached hydrogens (tertiary/aromatic N) is 4. The van der Waals surface area contributed by atoms with Crippen molar-refractivity contribution in [1.29, 1.82) is 0 Å². The van der Waals surface area contributed by atoms with Crippen LogP contribution < -0.4 is 10.2 Å². The summed E-state index contributed by atoms with van der Waals surface area (Å²) >= 11 is 18.9. The van der Waals surface area contributed by atoms with Gasteiger partial charge in [-0.05, 0) is 51.1 Å². The predicted octanol–water partition coefficient (Wildman–Crippen LogP) is 6.24. The average molecular weight is 594 g/mol. The Balaban J connectivity index is 0.00000228. The number of piperazine rings is 1. The van der Waals surface area contributed by atoms with E-state index in [1.54, 1.807) is 0 Å². The molecule has 11 heteroatoms. The highest BCUT2D eigenvalue weighted by atomic mass is 35.5. The molecule has 0 spiro atoms. The van der Waals surface area contributed by atoms with E-state index in [4.69, 9.17) is 34.8 Å². The second kappa shape index (κ2) is 13.8. The van der Waals surface area contributed by atoms with Gasteiger partial charge in [0, 0.05) is 32.7 Å². The summed E-state index contributed by atoms with van der Waals surface area (Å²) in [5.74, 6) is 0.570. The summed E-state index contributed by atoms with van der Waals surface area (Å²) in [5.41, 5.74) is 3.02. The van der Waals surface area contributed by atoms with E-state index >= 15 is 0 Å². The number of rotatable bonds is 7. The van der Waals surface area contributed by atoms with E-state index in [2.05, 4.69) is 20.1 Å². The number of benzene rings is 2. The van der Waals surface area contributed by atoms with Gasteiger partial charge in [-0.15, -0.1) is 24.8 Å². The van der Waals surface area contributed by atoms with E-state index in [9.17, 15) is 4.79 Å². The van der Waals surface area contributed by atoms with Crippen LogP contribution in [0.1, 0.15) is 28.4 Å². The van der Waals surface area contributed by atoms with E-state index in [1.807, 2.05) is 60.9 Å². The van der Waals surface area contributed by atoms with Gasteiger partial charge in [-0.3, -0.25) is 14.3 Å². The number of imidazole rings is 1. The molecule has 1 saturated heterocycles. The summed E-state index contributed by atoms with van der Waals surface area (Å²) in [7, 11) is 0. The van der Waals surface area contributed by atoms with Crippen LogP contribution in [0, 0.1) is 13.8 Å². The molecule has 2 heterocycles. The van der Waals surface area contributed by atoms with Crippen LogP contribution in [0.2, 0.25) is 15.1 Å². The molecular weight excluding hydrogens is 564 g/mol. The average Bonchev–Trinajstić information content (AvgIpc) is 3.13. The van der Waals surface area contributed by atoms with Crippen molar-refractivity contribution >= 4 is 71.2 Å². The zero-order valence-electron chi connectivity index (χ0n) is 20.1. The van der Waals surface area contributed by atoms with Crippen molar-refractivity contribution in [3.05, 3.63) is 74.7 Å². The van der Waals surface area contributed by atoms with Gasteiger partial charge >= 0.3 is 0 Å². The third kappa shape index (κ3) is 6.80. The molecule has 1 aromatic heterocycles. The molecule has 1 fully saturated rings. The molecule has 1 aliphatic rings. The number of hydrogen-bond donors (Lipinski definition) is 1. The number of aryl methyl sites for hydroxylation is 1. The predicted molar refractivity (Wildman–Crippen MR) is 155 cm³/mol. The fourth-order valence-corrected chi connectivity index (χ4v) is 5.02. The maximum absolute atomic E-state index is 12.8. The standard InChI is InChI=1S/C25H28Cl3N5O.2ClH/c1-17-24(30-18(2)33(17)21-9-4-3-7-19(21)26)25(34)29-11-6-12-31-13-15-32(16-14-31)22-10-5-8-20(27)23(22)28;;/h3-5,7-10H,6,11-16H2,1-2H3,(H,29,34);2*1H. The lowest BCUT2D eigenvalue weighted by Crippen LogP contribution is -2.47. The van der Waals surface area contributed by atoms with E-state index in [0.29, 0.717) is 27.3 Å². The number of hydrogen-bond acceptors (Lipinski definition) is 4. The van der Waals surface area contributed by atoms with Gasteiger partial charge in [0.15, 0.2) is 0 Å². The minimum absolute atomic E-state index is 0. The summed E-state index contributed by atoms with van der Waals surface area (Å²) in [5, 5.41) is 4.84. The highest BCUT2D eigenvalue weighted by molar-refractivity contribution is 6.43. The second-order valence-electron chi connectivity index (χ2n) is 8.39. The third-order valence-corrected chi connectivity index (χ3v) is 7.29. The van der Waals surface area contributed by atoms with Crippen LogP contribution in [0.4, 0.5) is 5.69 Å². The summed E-state index contributed by atoms with van der Waals surface area (Å²) in [6.45, 7) is 8.96. The van der Waals surface area contributed by atoms with Crippen molar-refractivity contribution in [1.82, 2.24) is 19.8 Å². The minimum atomic E-state index is -0.160. The minimum Gasteiger partial charge on any atom is -0.368 e. The molecule has 0 bridgehead atoms. The molecule has 1 amide bonds. The van der Waals surface area contributed by atoms with Gasteiger partial charge in [0.1, 0.15) is 11.5 Å². The zero-order chi connectivity index (χ0) is 24.2. The molecule has 0 atom stereocenters. The maximum Gasteiger partial charge on any atom is 0.271 e. The molecule has 36 heavy (non-hydrogen) atoms. The van der Waals surface area contributed by atoms with Crippen molar-refractivity contribution in [3.8, 4) is 5.69 Å². The van der Waals surface area contributed by atoms with Crippen LogP contribution in [0.25, 0.3) is 5.69 Å². The lowest BCUT2D eigenvalue weighted by atomic mass is 10.2. The summed E-state index contributed by atoms with van der Waals surface area (Å²) in [6.07, 6.45) is 0.868. The molecule has 4 rings (SSSR count). The Labute approximate surface area is 239 Å². The molecule has 0 unspecified atom stereocenters. The number of para-hydroxylation sites is 1. The number of aromatic nitrogens is 2.